The number of carbonyl (C=O) groups is 1. The van der Waals surface area contributed by atoms with E-state index in [4.69, 9.17) is 0 Å². The number of hydrogen-bond donors (Lipinski definition) is 2. The van der Waals surface area contributed by atoms with Gasteiger partial charge in [0, 0.05) is 32.2 Å². The van der Waals surface area contributed by atoms with Crippen LogP contribution in [0.5, 0.6) is 0 Å². The Hall–Kier alpha value is -0.770. The van der Waals surface area contributed by atoms with Crippen molar-refractivity contribution in [2.45, 2.75) is 38.1 Å². The van der Waals surface area contributed by atoms with Crippen molar-refractivity contribution in [2.75, 3.05) is 26.2 Å². The third-order valence-electron chi connectivity index (χ3n) is 5.92. The predicted molar refractivity (Wildman–Crippen MR) is 73.8 cm³/mol. The predicted octanol–water partition coefficient (Wildman–Crippen LogP) is 1.43. The van der Waals surface area contributed by atoms with Crippen molar-refractivity contribution in [1.29, 1.82) is 0 Å². The number of piperazine rings is 1. The Kier molecular flexibility index (Phi) is 2.94. The molecule has 0 unspecified atom stereocenters. The average Bonchev–Trinajstić information content (AvgIpc) is 2.43. The molecule has 1 heterocycles. The summed E-state index contributed by atoms with van der Waals surface area (Å²) < 4.78 is 0. The van der Waals surface area contributed by atoms with Crippen LogP contribution in [0.15, 0.2) is 0 Å². The first kappa shape index (κ1) is 12.0. The second kappa shape index (κ2) is 4.65. The van der Waals surface area contributed by atoms with Crippen LogP contribution in [0.3, 0.4) is 0 Å². The Labute approximate surface area is 115 Å². The van der Waals surface area contributed by atoms with Crippen LogP contribution in [0.25, 0.3) is 0 Å². The number of nitrogens with zero attached hydrogens (tertiary/aromatic N) is 1. The Morgan fingerprint density at radius 3 is 2.11 bits per heavy atom. The van der Waals surface area contributed by atoms with E-state index in [1.54, 1.807) is 0 Å². The van der Waals surface area contributed by atoms with Gasteiger partial charge in [-0.2, -0.15) is 0 Å². The lowest BCUT2D eigenvalue weighted by atomic mass is 9.54. The van der Waals surface area contributed by atoms with Crippen LogP contribution in [0.1, 0.15) is 32.1 Å². The molecule has 0 aromatic rings. The van der Waals surface area contributed by atoms with Crippen LogP contribution in [0, 0.1) is 23.7 Å². The molecule has 0 radical (unpaired) electrons. The second-order valence-corrected chi connectivity index (χ2v) is 7.14. The molecule has 4 saturated carbocycles. The number of carbonyl (C=O) groups excluding carboxylic acids is 1. The highest BCUT2D eigenvalue weighted by Crippen LogP contribution is 2.53. The number of urea groups is 1. The minimum atomic E-state index is 0.193. The van der Waals surface area contributed by atoms with E-state index in [0.717, 1.165) is 49.9 Å². The third kappa shape index (κ3) is 2.14. The summed E-state index contributed by atoms with van der Waals surface area (Å²) in [5, 5.41) is 6.69. The van der Waals surface area contributed by atoms with Crippen molar-refractivity contribution >= 4 is 6.03 Å². The summed E-state index contributed by atoms with van der Waals surface area (Å²) in [6.07, 6.45) is 6.98. The van der Waals surface area contributed by atoms with Crippen molar-refractivity contribution in [1.82, 2.24) is 15.5 Å². The first-order valence-electron chi connectivity index (χ1n) is 8.06. The number of nitrogens with one attached hydrogen (secondary N) is 2. The molecule has 2 N–H and O–H groups in total. The second-order valence-electron chi connectivity index (χ2n) is 7.14. The van der Waals surface area contributed by atoms with Crippen molar-refractivity contribution in [2.24, 2.45) is 23.7 Å². The molecule has 4 bridgehead atoms. The molecular formula is C15H25N3O. The largest absolute Gasteiger partial charge is 0.335 e. The zero-order valence-electron chi connectivity index (χ0n) is 11.6. The molecule has 4 nitrogen and oxygen atoms in total. The maximum absolute atomic E-state index is 12.4. The highest BCUT2D eigenvalue weighted by molar-refractivity contribution is 5.74. The van der Waals surface area contributed by atoms with Crippen LogP contribution in [0.4, 0.5) is 4.79 Å². The van der Waals surface area contributed by atoms with Gasteiger partial charge in [-0.25, -0.2) is 4.79 Å². The number of hydrogen-bond acceptors (Lipinski definition) is 2. The maximum atomic E-state index is 12.4. The lowest BCUT2D eigenvalue weighted by Crippen LogP contribution is -2.59. The molecule has 0 aromatic heterocycles. The van der Waals surface area contributed by atoms with E-state index in [1.807, 2.05) is 4.90 Å². The Balaban J connectivity index is 1.41. The van der Waals surface area contributed by atoms with Gasteiger partial charge in [0.1, 0.15) is 0 Å². The Morgan fingerprint density at radius 2 is 1.53 bits per heavy atom. The fourth-order valence-corrected chi connectivity index (χ4v) is 5.26. The van der Waals surface area contributed by atoms with E-state index >= 15 is 0 Å². The normalized spacial score (nSPS) is 44.4. The van der Waals surface area contributed by atoms with E-state index < -0.39 is 0 Å². The number of rotatable bonds is 1. The van der Waals surface area contributed by atoms with Crippen LogP contribution < -0.4 is 10.6 Å². The zero-order valence-corrected chi connectivity index (χ0v) is 11.6. The molecule has 1 aliphatic heterocycles. The molecule has 5 rings (SSSR count). The fourth-order valence-electron chi connectivity index (χ4n) is 5.26. The summed E-state index contributed by atoms with van der Waals surface area (Å²) in [6.45, 7) is 3.60. The summed E-state index contributed by atoms with van der Waals surface area (Å²) in [4.78, 5) is 14.4. The minimum absolute atomic E-state index is 0.193. The van der Waals surface area contributed by atoms with Crippen molar-refractivity contribution in [3.63, 3.8) is 0 Å². The van der Waals surface area contributed by atoms with E-state index in [1.165, 1.54) is 32.1 Å². The van der Waals surface area contributed by atoms with E-state index in [-0.39, 0.29) is 6.03 Å². The first-order chi connectivity index (χ1) is 9.29. The van der Waals surface area contributed by atoms with Crippen molar-refractivity contribution in [3.8, 4) is 0 Å². The molecule has 5 fully saturated rings. The molecule has 0 aromatic carbocycles. The Bertz CT molecular complexity index is 336. The standard InChI is InChI=1S/C15H25N3O/c19-15(18-3-1-16-2-4-18)17-14-12-6-10-5-11(8-12)9-13(14)7-10/h10-14,16H,1-9H2,(H,17,19). The van der Waals surface area contributed by atoms with Gasteiger partial charge in [0.2, 0.25) is 0 Å². The lowest BCUT2D eigenvalue weighted by molar-refractivity contribution is -0.0111. The molecule has 106 valence electrons. The molecule has 4 heteroatoms. The molecule has 0 spiro atoms. The maximum Gasteiger partial charge on any atom is 0.317 e. The van der Waals surface area contributed by atoms with Crippen LogP contribution in [-0.4, -0.2) is 43.2 Å². The topological polar surface area (TPSA) is 44.4 Å². The minimum Gasteiger partial charge on any atom is -0.335 e. The van der Waals surface area contributed by atoms with Gasteiger partial charge >= 0.3 is 6.03 Å². The smallest absolute Gasteiger partial charge is 0.317 e. The summed E-state index contributed by atoms with van der Waals surface area (Å²) in [6, 6.07) is 0.675. The van der Waals surface area contributed by atoms with Gasteiger partial charge in [-0.15, -0.1) is 0 Å². The summed E-state index contributed by atoms with van der Waals surface area (Å²) in [5.41, 5.74) is 0. The zero-order chi connectivity index (χ0) is 12.8. The van der Waals surface area contributed by atoms with Crippen LogP contribution in [-0.2, 0) is 0 Å². The highest BCUT2D eigenvalue weighted by atomic mass is 16.2. The SMILES string of the molecule is O=C(NC1C2CC3CC(C2)CC1C3)N1CCNCC1. The van der Waals surface area contributed by atoms with Gasteiger partial charge in [-0.05, 0) is 55.8 Å². The van der Waals surface area contributed by atoms with Crippen molar-refractivity contribution in [3.05, 3.63) is 0 Å². The highest BCUT2D eigenvalue weighted by Gasteiger charge is 2.48. The summed E-state index contributed by atoms with van der Waals surface area (Å²) in [5.74, 6) is 3.52. The van der Waals surface area contributed by atoms with Crippen LogP contribution in [0.2, 0.25) is 0 Å². The van der Waals surface area contributed by atoms with Crippen molar-refractivity contribution < 1.29 is 4.79 Å². The molecule has 19 heavy (non-hydrogen) atoms. The Morgan fingerprint density at radius 1 is 0.947 bits per heavy atom. The summed E-state index contributed by atoms with van der Waals surface area (Å²) in [7, 11) is 0. The fraction of sp³-hybridized carbons (Fsp3) is 0.933. The van der Waals surface area contributed by atoms with Gasteiger partial charge in [0.05, 0.1) is 0 Å². The summed E-state index contributed by atoms with van der Waals surface area (Å²) >= 11 is 0. The molecule has 5 aliphatic rings. The molecule has 4 aliphatic carbocycles. The quantitative estimate of drug-likeness (QED) is 0.751. The number of amides is 2. The van der Waals surface area contributed by atoms with E-state index in [0.29, 0.717) is 6.04 Å². The van der Waals surface area contributed by atoms with Gasteiger partial charge in [0.15, 0.2) is 0 Å². The monoisotopic (exact) mass is 263 g/mol. The molecule has 1 saturated heterocycles. The molecule has 0 atom stereocenters. The van der Waals surface area contributed by atoms with Crippen LogP contribution >= 0.6 is 0 Å². The first-order valence-corrected chi connectivity index (χ1v) is 8.06. The van der Waals surface area contributed by atoms with E-state index in [2.05, 4.69) is 10.6 Å². The van der Waals surface area contributed by atoms with Gasteiger partial charge in [-0.3, -0.25) is 0 Å². The average molecular weight is 263 g/mol. The van der Waals surface area contributed by atoms with Gasteiger partial charge < -0.3 is 15.5 Å². The van der Waals surface area contributed by atoms with Gasteiger partial charge in [-0.1, -0.05) is 0 Å². The molecular weight excluding hydrogens is 238 g/mol. The van der Waals surface area contributed by atoms with E-state index in [9.17, 15) is 4.79 Å². The third-order valence-corrected chi connectivity index (χ3v) is 5.92. The molecule has 2 amide bonds. The van der Waals surface area contributed by atoms with Gasteiger partial charge in [0.25, 0.3) is 0 Å². The lowest BCUT2D eigenvalue weighted by Gasteiger charge is -2.54.